The van der Waals surface area contributed by atoms with Gasteiger partial charge in [0.2, 0.25) is 71.3 Å². The van der Waals surface area contributed by atoms with Crippen molar-refractivity contribution >= 4 is 94.8 Å². The van der Waals surface area contributed by atoms with Gasteiger partial charge < -0.3 is 114 Å². The molecule has 3 heterocycles. The summed E-state index contributed by atoms with van der Waals surface area (Å²) in [7, 11) is 0. The van der Waals surface area contributed by atoms with E-state index in [1.54, 1.807) is 19.1 Å². The SMILES string of the molecule is CC(C)CC/C=C\C=C\C(=O)N[C@H](C(=O)N[C@@H]1C(=O)N[C@H](C(C)C)C(=O)N[C@@H](CCCCN)C(=O)N[C@@H](C(O)C(=O)O)C(=O)N[C@@H](CC(=O)OC2OC(C(=O)O)C(O)C(O)C2O)C(=O)NCC(=O)N[C@H](C(C)C(=O)O)C(=O)N[C@@H](C(C)C)C(=O)N2C[C@H](C)C[C@H]2C(=O)NC1C)C(C)C(=O)O. The van der Waals surface area contributed by atoms with Gasteiger partial charge in [0.25, 0.3) is 0 Å². The Morgan fingerprint density at radius 2 is 1.25 bits per heavy atom. The van der Waals surface area contributed by atoms with Crippen LogP contribution in [0.1, 0.15) is 114 Å². The lowest BCUT2D eigenvalue weighted by Gasteiger charge is -2.38. The minimum atomic E-state index is -2.98. The van der Waals surface area contributed by atoms with Crippen molar-refractivity contribution in [2.45, 2.75) is 211 Å². The molecule has 3 aliphatic rings. The van der Waals surface area contributed by atoms with Crippen LogP contribution in [0.15, 0.2) is 24.3 Å². The third-order valence-electron chi connectivity index (χ3n) is 16.6. The molecule has 0 bridgehead atoms. The fourth-order valence-corrected chi connectivity index (χ4v) is 10.6. The van der Waals surface area contributed by atoms with Gasteiger partial charge in [0.05, 0.1) is 30.8 Å². The highest BCUT2D eigenvalue weighted by atomic mass is 16.7. The Hall–Kier alpha value is -9.24. The van der Waals surface area contributed by atoms with Crippen molar-refractivity contribution in [2.24, 2.45) is 41.2 Å². The number of fused-ring (bicyclic) bond motifs is 1. The van der Waals surface area contributed by atoms with E-state index in [1.165, 1.54) is 40.7 Å². The molecule has 560 valence electrons. The molecule has 9 unspecified atom stereocenters. The fourth-order valence-electron chi connectivity index (χ4n) is 10.6. The van der Waals surface area contributed by atoms with Crippen molar-refractivity contribution in [2.75, 3.05) is 19.6 Å². The Bertz CT molecular complexity index is 3060. The van der Waals surface area contributed by atoms with Gasteiger partial charge in [-0.2, -0.15) is 0 Å². The van der Waals surface area contributed by atoms with Crippen LogP contribution in [-0.4, -0.2) is 257 Å². The smallest absolute Gasteiger partial charge is 0.335 e. The molecule has 38 heteroatoms. The van der Waals surface area contributed by atoms with Gasteiger partial charge in [-0.15, -0.1) is 0 Å². The first-order chi connectivity index (χ1) is 46.6. The zero-order valence-corrected chi connectivity index (χ0v) is 57.0. The van der Waals surface area contributed by atoms with Gasteiger partial charge in [0.1, 0.15) is 72.7 Å². The molecule has 19 atom stereocenters. The lowest BCUT2D eigenvalue weighted by molar-refractivity contribution is -0.286. The van der Waals surface area contributed by atoms with Gasteiger partial charge in [-0.1, -0.05) is 66.7 Å². The number of carbonyl (C=O) groups excluding carboxylic acids is 12. The van der Waals surface area contributed by atoms with E-state index in [4.69, 9.17) is 15.2 Å². The van der Waals surface area contributed by atoms with Crippen molar-refractivity contribution in [3.8, 4) is 0 Å². The number of nitrogens with one attached hydrogen (secondary N) is 10. The number of nitrogens with two attached hydrogens (primary N) is 1. The van der Waals surface area contributed by atoms with Gasteiger partial charge in [0.15, 0.2) is 12.2 Å². The summed E-state index contributed by atoms with van der Waals surface area (Å²) in [4.78, 5) is 222. The van der Waals surface area contributed by atoms with E-state index in [-0.39, 0.29) is 32.4 Å². The fraction of sp³-hybridized carbons (Fsp3) is 0.677. The summed E-state index contributed by atoms with van der Waals surface area (Å²) in [6, 6.07) is -19.6. The Balaban J connectivity index is 2.34. The third-order valence-corrected chi connectivity index (χ3v) is 16.6. The third kappa shape index (κ3) is 24.9. The van der Waals surface area contributed by atoms with Crippen LogP contribution in [0.25, 0.3) is 0 Å². The maximum absolute atomic E-state index is 15.0. The quantitative estimate of drug-likeness (QED) is 0.0185. The highest BCUT2D eigenvalue weighted by Crippen LogP contribution is 2.27. The Kier molecular flexibility index (Phi) is 33.6. The van der Waals surface area contributed by atoms with Crippen LogP contribution in [0.2, 0.25) is 0 Å². The minimum Gasteiger partial charge on any atom is -0.481 e. The molecular formula is C62H96N12O26. The Labute approximate surface area is 574 Å². The van der Waals surface area contributed by atoms with Crippen molar-refractivity contribution in [3.63, 3.8) is 0 Å². The molecule has 3 fully saturated rings. The van der Waals surface area contributed by atoms with E-state index in [0.29, 0.717) is 12.3 Å². The van der Waals surface area contributed by atoms with E-state index in [1.807, 2.05) is 29.8 Å². The maximum atomic E-state index is 15.0. The van der Waals surface area contributed by atoms with Crippen molar-refractivity contribution in [3.05, 3.63) is 24.3 Å². The van der Waals surface area contributed by atoms with Crippen LogP contribution in [0.4, 0.5) is 0 Å². The van der Waals surface area contributed by atoms with E-state index in [0.717, 1.165) is 31.2 Å². The molecule has 3 rings (SSSR count). The second kappa shape index (κ2) is 39.5. The summed E-state index contributed by atoms with van der Waals surface area (Å²) in [6.45, 7) is 13.2. The number of amides is 11. The molecule has 3 saturated heterocycles. The van der Waals surface area contributed by atoms with E-state index in [2.05, 4.69) is 37.2 Å². The first-order valence-electron chi connectivity index (χ1n) is 32.5. The summed E-state index contributed by atoms with van der Waals surface area (Å²) in [6.07, 6.45) is -9.50. The normalized spacial score (nSPS) is 28.8. The largest absolute Gasteiger partial charge is 0.481 e. The Morgan fingerprint density at radius 3 is 1.82 bits per heavy atom. The van der Waals surface area contributed by atoms with Gasteiger partial charge in [-0.25, -0.2) is 9.59 Å². The number of aliphatic hydroxyl groups is 4. The summed E-state index contributed by atoms with van der Waals surface area (Å²) >= 11 is 0. The predicted octanol–water partition coefficient (Wildman–Crippen LogP) is -6.56. The number of esters is 1. The van der Waals surface area contributed by atoms with Gasteiger partial charge in [-0.05, 0) is 89.5 Å². The van der Waals surface area contributed by atoms with Crippen molar-refractivity contribution in [1.29, 1.82) is 0 Å². The van der Waals surface area contributed by atoms with Crippen LogP contribution in [0.3, 0.4) is 0 Å². The van der Waals surface area contributed by atoms with E-state index >= 15 is 0 Å². The molecule has 11 amide bonds. The zero-order valence-electron chi connectivity index (χ0n) is 57.0. The molecule has 0 radical (unpaired) electrons. The summed E-state index contributed by atoms with van der Waals surface area (Å²) in [5.74, 6) is -29.0. The minimum absolute atomic E-state index is 0.00799. The maximum Gasteiger partial charge on any atom is 0.335 e. The summed E-state index contributed by atoms with van der Waals surface area (Å²) in [5, 5.41) is 104. The zero-order chi connectivity index (χ0) is 75.9. The summed E-state index contributed by atoms with van der Waals surface area (Å²) < 4.78 is 9.93. The number of carboxylic acids is 4. The van der Waals surface area contributed by atoms with Crippen LogP contribution in [0.5, 0.6) is 0 Å². The first-order valence-corrected chi connectivity index (χ1v) is 32.5. The molecule has 0 spiro atoms. The number of hydrogen-bond donors (Lipinski definition) is 19. The number of ether oxygens (including phenoxy) is 2. The van der Waals surface area contributed by atoms with Crippen LogP contribution >= 0.6 is 0 Å². The van der Waals surface area contributed by atoms with E-state index < -0.39 is 241 Å². The number of rotatable bonds is 24. The summed E-state index contributed by atoms with van der Waals surface area (Å²) in [5.41, 5.74) is 5.72. The van der Waals surface area contributed by atoms with Gasteiger partial charge >= 0.3 is 29.8 Å². The number of nitrogens with zero attached hydrogens (tertiary/aromatic N) is 1. The standard InChI is InChI=1S/C62H96N12O26/c1-25(2)17-13-11-12-14-19-35(75)68-40(29(8)58(91)92)54(87)72-42-31(10)65-51(84)34-21-28(7)24-74(34)57(90)39(27(5)6)71-53(86)41(30(9)59(93)94)69-36(76)23-64-49(82)33(22-37(77)99-62-47(81)45(79)46(80)48(100-62)61(97)98)67-56(89)43(44(78)60(95)96)73-50(83)32(18-15-16-20-63)66-52(85)38(26(3)4)70-55(42)88/h11-12,14,19,25-34,38-48,62,78-81H,13,15-18,20-24,63H2,1-10H3,(H,64,82)(H,65,84)(H,66,85)(H,67,89)(H,68,75)(H,69,76)(H,70,88)(H,71,86)(H,72,87)(H,73,83)(H,91,92)(H,93,94)(H,95,96)(H,97,98)/b12-11-,19-14+/t28-,29?,30?,31?,32+,33+,34+,38-,39+,40+,41-,42+,43+,44?,45?,46?,47?,48?,62?/m1/s1. The number of carbonyl (C=O) groups is 16. The molecule has 0 aromatic carbocycles. The average Bonchev–Trinajstić information content (AvgIpc) is 1.08. The lowest BCUT2D eigenvalue weighted by Crippen LogP contribution is -2.65. The van der Waals surface area contributed by atoms with Crippen molar-refractivity contribution < 1.29 is 127 Å². The second-order valence-corrected chi connectivity index (χ2v) is 26.0. The number of aliphatic carboxylic acids is 4. The second-order valence-electron chi connectivity index (χ2n) is 26.0. The molecule has 0 aromatic rings. The molecule has 0 aromatic heterocycles. The number of hydrogen-bond acceptors (Lipinski definition) is 23. The number of carboxylic acid groups (broad SMARTS) is 4. The lowest BCUT2D eigenvalue weighted by atomic mass is 9.97. The van der Waals surface area contributed by atoms with Gasteiger partial charge in [-0.3, -0.25) is 67.1 Å². The molecule has 100 heavy (non-hydrogen) atoms. The highest BCUT2D eigenvalue weighted by molar-refractivity contribution is 6.02. The van der Waals surface area contributed by atoms with Crippen LogP contribution < -0.4 is 58.9 Å². The molecule has 0 aliphatic carbocycles. The average molecular weight is 1430 g/mol. The molecular weight excluding hydrogens is 1330 g/mol. The van der Waals surface area contributed by atoms with Crippen LogP contribution in [-0.2, 0) is 86.2 Å². The van der Waals surface area contributed by atoms with Crippen molar-refractivity contribution in [1.82, 2.24) is 58.1 Å². The monoisotopic (exact) mass is 1420 g/mol. The molecule has 20 N–H and O–H groups in total. The van der Waals surface area contributed by atoms with E-state index in [9.17, 15) is 118 Å². The Morgan fingerprint density at radius 1 is 0.660 bits per heavy atom. The first kappa shape index (κ1) is 85.0. The molecule has 3 aliphatic heterocycles. The number of allylic oxidation sites excluding steroid dienone is 3. The number of aliphatic hydroxyl groups excluding tert-OH is 4. The van der Waals surface area contributed by atoms with Crippen LogP contribution in [0, 0.1) is 35.5 Å². The topological polar surface area (TPSA) is 603 Å². The molecule has 38 nitrogen and oxygen atoms in total. The highest BCUT2D eigenvalue weighted by Gasteiger charge is 2.50. The predicted molar refractivity (Wildman–Crippen MR) is 343 cm³/mol. The number of unbranched alkanes of at least 4 members (excludes halogenated alkanes) is 1. The van der Waals surface area contributed by atoms with Gasteiger partial charge in [0, 0.05) is 12.6 Å². The molecule has 0 saturated carbocycles.